The van der Waals surface area contributed by atoms with Crippen molar-refractivity contribution in [1.82, 2.24) is 9.55 Å². The molecule has 0 N–H and O–H groups in total. The lowest BCUT2D eigenvalue weighted by Gasteiger charge is -2.09. The highest BCUT2D eigenvalue weighted by molar-refractivity contribution is 6.29. The van der Waals surface area contributed by atoms with Crippen LogP contribution in [0.15, 0.2) is 36.6 Å². The van der Waals surface area contributed by atoms with E-state index in [1.807, 2.05) is 28.9 Å². The molecule has 0 unspecified atom stereocenters. The van der Waals surface area contributed by atoms with Crippen molar-refractivity contribution in [2.24, 2.45) is 0 Å². The largest absolute Gasteiger partial charge is 0.300 e. The van der Waals surface area contributed by atoms with Crippen LogP contribution in [-0.4, -0.2) is 9.55 Å². The summed E-state index contributed by atoms with van der Waals surface area (Å²) in [6, 6.07) is 5.67. The highest BCUT2D eigenvalue weighted by atomic mass is 35.5. The minimum Gasteiger partial charge on any atom is -0.300 e. The smallest absolute Gasteiger partial charge is 0.147 e. The van der Waals surface area contributed by atoms with Gasteiger partial charge in [0.15, 0.2) is 0 Å². The van der Waals surface area contributed by atoms with Crippen LogP contribution >= 0.6 is 11.6 Å². The summed E-state index contributed by atoms with van der Waals surface area (Å²) in [6.07, 6.45) is 7.65. The number of allylic oxidation sites excluding steroid dienone is 4. The van der Waals surface area contributed by atoms with Gasteiger partial charge in [0.2, 0.25) is 0 Å². The van der Waals surface area contributed by atoms with Crippen LogP contribution in [0.1, 0.15) is 5.56 Å². The van der Waals surface area contributed by atoms with Crippen LogP contribution in [0.4, 0.5) is 0 Å². The Balaban J connectivity index is 2.36. The summed E-state index contributed by atoms with van der Waals surface area (Å²) in [5, 5.41) is 10.3. The van der Waals surface area contributed by atoms with E-state index in [2.05, 4.69) is 11.1 Å². The minimum atomic E-state index is 0.431. The second-order valence-electron chi connectivity index (χ2n) is 3.48. The third-order valence-corrected chi connectivity index (χ3v) is 2.76. The summed E-state index contributed by atoms with van der Waals surface area (Å²) < 4.78 is 1.87. The van der Waals surface area contributed by atoms with Crippen LogP contribution in [0.25, 0.3) is 16.7 Å². The fourth-order valence-electron chi connectivity index (χ4n) is 1.71. The number of nitrogens with zero attached hydrogens (tertiary/aromatic N) is 3. The van der Waals surface area contributed by atoms with Crippen molar-refractivity contribution in [3.8, 4) is 6.07 Å². The molecule has 0 atom stereocenters. The van der Waals surface area contributed by atoms with Crippen molar-refractivity contribution in [1.29, 1.82) is 5.26 Å². The van der Waals surface area contributed by atoms with Gasteiger partial charge in [-0.05, 0) is 24.3 Å². The number of hydrogen-bond acceptors (Lipinski definition) is 2. The van der Waals surface area contributed by atoms with Crippen LogP contribution in [0.5, 0.6) is 0 Å². The molecule has 0 fully saturated rings. The molecule has 2 heterocycles. The molecule has 3 rings (SSSR count). The number of nitriles is 1. The molecule has 16 heavy (non-hydrogen) atoms. The predicted molar refractivity (Wildman–Crippen MR) is 62.9 cm³/mol. The SMILES string of the molecule is N#Cc1cn(C2=CC=C2)c2nc(Cl)ccc12. The van der Waals surface area contributed by atoms with Gasteiger partial charge in [-0.15, -0.1) is 0 Å². The van der Waals surface area contributed by atoms with Gasteiger partial charge in [-0.25, -0.2) is 4.98 Å². The average Bonchev–Trinajstić information content (AvgIpc) is 2.54. The number of fused-ring (bicyclic) bond motifs is 1. The second kappa shape index (κ2) is 3.22. The highest BCUT2D eigenvalue weighted by Crippen LogP contribution is 2.26. The van der Waals surface area contributed by atoms with E-state index in [0.29, 0.717) is 10.7 Å². The number of hydrogen-bond donors (Lipinski definition) is 0. The van der Waals surface area contributed by atoms with E-state index in [1.54, 1.807) is 12.3 Å². The molecule has 2 aromatic heterocycles. The van der Waals surface area contributed by atoms with Crippen LogP contribution in [0.3, 0.4) is 0 Å². The first kappa shape index (κ1) is 9.20. The summed E-state index contributed by atoms with van der Waals surface area (Å²) in [5.74, 6) is 0. The van der Waals surface area contributed by atoms with Crippen LogP contribution < -0.4 is 0 Å². The normalized spacial score (nSPS) is 13.4. The molecule has 0 spiro atoms. The van der Waals surface area contributed by atoms with Crippen molar-refractivity contribution in [2.75, 3.05) is 0 Å². The Morgan fingerprint density at radius 3 is 2.81 bits per heavy atom. The molecule has 0 aromatic carbocycles. The second-order valence-corrected chi connectivity index (χ2v) is 3.87. The molecular formula is C12H6ClN3. The number of pyridine rings is 1. The van der Waals surface area contributed by atoms with E-state index >= 15 is 0 Å². The topological polar surface area (TPSA) is 41.6 Å². The zero-order valence-electron chi connectivity index (χ0n) is 8.18. The van der Waals surface area contributed by atoms with Gasteiger partial charge in [-0.1, -0.05) is 17.7 Å². The number of aromatic nitrogens is 2. The third kappa shape index (κ3) is 1.17. The zero-order chi connectivity index (χ0) is 11.1. The third-order valence-electron chi connectivity index (χ3n) is 2.55. The standard InChI is InChI=1S/C12H6ClN3/c13-11-5-4-10-8(6-14)7-16(12(10)15-11)9-2-1-3-9/h1-5,7H. The maximum Gasteiger partial charge on any atom is 0.147 e. The first-order chi connectivity index (χ1) is 7.79. The fourth-order valence-corrected chi connectivity index (χ4v) is 1.85. The van der Waals surface area contributed by atoms with Gasteiger partial charge < -0.3 is 0 Å². The van der Waals surface area contributed by atoms with Gasteiger partial charge in [0.05, 0.1) is 5.56 Å². The molecular weight excluding hydrogens is 222 g/mol. The van der Waals surface area contributed by atoms with E-state index in [9.17, 15) is 0 Å². The Bertz CT molecular complexity index is 686. The quantitative estimate of drug-likeness (QED) is 0.703. The first-order valence-corrected chi connectivity index (χ1v) is 5.14. The Hall–Kier alpha value is -2.05. The highest BCUT2D eigenvalue weighted by Gasteiger charge is 2.13. The lowest BCUT2D eigenvalue weighted by molar-refractivity contribution is 1.12. The Morgan fingerprint density at radius 2 is 2.19 bits per heavy atom. The first-order valence-electron chi connectivity index (χ1n) is 4.76. The summed E-state index contributed by atoms with van der Waals surface area (Å²) >= 11 is 5.86. The van der Waals surface area contributed by atoms with E-state index in [1.165, 1.54) is 0 Å². The Kier molecular flexibility index (Phi) is 1.85. The summed E-state index contributed by atoms with van der Waals surface area (Å²) in [5.41, 5.74) is 2.35. The van der Waals surface area contributed by atoms with E-state index in [0.717, 1.165) is 16.7 Å². The van der Waals surface area contributed by atoms with Gasteiger partial charge in [0, 0.05) is 17.3 Å². The van der Waals surface area contributed by atoms with Crippen molar-refractivity contribution < 1.29 is 0 Å². The maximum atomic E-state index is 9.03. The molecule has 4 heteroatoms. The monoisotopic (exact) mass is 227 g/mol. The molecule has 3 nitrogen and oxygen atoms in total. The van der Waals surface area contributed by atoms with Crippen molar-refractivity contribution in [3.63, 3.8) is 0 Å². The molecule has 2 aromatic rings. The summed E-state index contributed by atoms with van der Waals surface area (Å²) in [4.78, 5) is 4.25. The van der Waals surface area contributed by atoms with Crippen molar-refractivity contribution in [2.45, 2.75) is 0 Å². The van der Waals surface area contributed by atoms with Gasteiger partial charge in [-0.3, -0.25) is 4.57 Å². The van der Waals surface area contributed by atoms with Crippen LogP contribution in [0, 0.1) is 11.3 Å². The molecule has 0 saturated carbocycles. The van der Waals surface area contributed by atoms with Gasteiger partial charge in [0.1, 0.15) is 16.9 Å². The molecule has 0 amide bonds. The van der Waals surface area contributed by atoms with E-state index < -0.39 is 0 Å². The molecule has 76 valence electrons. The van der Waals surface area contributed by atoms with Crippen molar-refractivity contribution in [3.05, 3.63) is 47.3 Å². The minimum absolute atomic E-state index is 0.431. The van der Waals surface area contributed by atoms with Gasteiger partial charge in [-0.2, -0.15) is 5.26 Å². The number of halogens is 1. The van der Waals surface area contributed by atoms with Crippen molar-refractivity contribution >= 4 is 28.3 Å². The van der Waals surface area contributed by atoms with Crippen LogP contribution in [-0.2, 0) is 0 Å². The molecule has 1 aliphatic rings. The maximum absolute atomic E-state index is 9.03. The molecule has 0 aliphatic heterocycles. The Labute approximate surface area is 96.9 Å². The number of rotatable bonds is 1. The predicted octanol–water partition coefficient (Wildman–Crippen LogP) is 2.97. The van der Waals surface area contributed by atoms with E-state index in [-0.39, 0.29) is 0 Å². The average molecular weight is 228 g/mol. The summed E-state index contributed by atoms with van der Waals surface area (Å²) in [7, 11) is 0. The van der Waals surface area contributed by atoms with Gasteiger partial charge in [0.25, 0.3) is 0 Å². The lowest BCUT2D eigenvalue weighted by atomic mass is 10.2. The van der Waals surface area contributed by atoms with Gasteiger partial charge >= 0.3 is 0 Å². The molecule has 0 bridgehead atoms. The summed E-state index contributed by atoms with van der Waals surface area (Å²) in [6.45, 7) is 0. The van der Waals surface area contributed by atoms with E-state index in [4.69, 9.17) is 16.9 Å². The molecule has 1 aliphatic carbocycles. The molecule has 0 radical (unpaired) electrons. The fraction of sp³-hybridized carbons (Fsp3) is 0. The zero-order valence-corrected chi connectivity index (χ0v) is 8.94. The molecule has 0 saturated heterocycles. The Morgan fingerprint density at radius 1 is 1.38 bits per heavy atom. The van der Waals surface area contributed by atoms with Crippen LogP contribution in [0.2, 0.25) is 5.15 Å². The lowest BCUT2D eigenvalue weighted by Crippen LogP contribution is -1.97.